The Morgan fingerprint density at radius 3 is 2.46 bits per heavy atom. The van der Waals surface area contributed by atoms with Crippen molar-refractivity contribution in [2.45, 2.75) is 18.9 Å². The fourth-order valence-corrected chi connectivity index (χ4v) is 3.02. The molecule has 4 rings (SSSR count). The number of nitrogens with zero attached hydrogens (tertiary/aromatic N) is 2. The van der Waals surface area contributed by atoms with E-state index in [2.05, 4.69) is 32.7 Å². The molecule has 0 saturated carbocycles. The number of anilines is 3. The lowest BCUT2D eigenvalue weighted by atomic mass is 10.1. The molecule has 0 spiro atoms. The molecule has 26 heavy (non-hydrogen) atoms. The lowest BCUT2D eigenvalue weighted by molar-refractivity contribution is 0.120. The number of benzene rings is 2. The van der Waals surface area contributed by atoms with Crippen LogP contribution in [0.1, 0.15) is 12.8 Å². The van der Waals surface area contributed by atoms with Crippen LogP contribution in [0.5, 0.6) is 0 Å². The molecule has 1 unspecified atom stereocenters. The van der Waals surface area contributed by atoms with Gasteiger partial charge in [0.05, 0.1) is 11.8 Å². The molecule has 0 amide bonds. The van der Waals surface area contributed by atoms with E-state index >= 15 is 0 Å². The fourth-order valence-electron chi connectivity index (χ4n) is 3.02. The monoisotopic (exact) mass is 346 g/mol. The summed E-state index contributed by atoms with van der Waals surface area (Å²) in [7, 11) is 0. The molecule has 1 saturated heterocycles. The molecule has 2 aromatic carbocycles. The highest BCUT2D eigenvalue weighted by Gasteiger charge is 2.15. The normalized spacial score (nSPS) is 16.4. The van der Waals surface area contributed by atoms with Crippen LogP contribution >= 0.6 is 0 Å². The Labute approximate surface area is 153 Å². The molecule has 3 aromatic rings. The summed E-state index contributed by atoms with van der Waals surface area (Å²) in [5.41, 5.74) is 2.91. The molecule has 1 aliphatic heterocycles. The van der Waals surface area contributed by atoms with Gasteiger partial charge in [0.25, 0.3) is 0 Å². The largest absolute Gasteiger partial charge is 0.376 e. The summed E-state index contributed by atoms with van der Waals surface area (Å²) in [5, 5.41) is 6.70. The molecule has 1 fully saturated rings. The number of ether oxygens (including phenoxy) is 1. The Morgan fingerprint density at radius 2 is 1.73 bits per heavy atom. The maximum atomic E-state index is 5.69. The minimum absolute atomic E-state index is 0.260. The van der Waals surface area contributed by atoms with Gasteiger partial charge in [0, 0.05) is 30.5 Å². The number of hydrogen-bond donors (Lipinski definition) is 2. The Bertz CT molecular complexity index is 833. The lowest BCUT2D eigenvalue weighted by Crippen LogP contribution is -2.19. The Kier molecular flexibility index (Phi) is 5.07. The van der Waals surface area contributed by atoms with E-state index in [0.717, 1.165) is 48.8 Å². The summed E-state index contributed by atoms with van der Waals surface area (Å²) in [4.78, 5) is 9.31. The predicted octanol–water partition coefficient (Wildman–Crippen LogP) is 4.48. The van der Waals surface area contributed by atoms with Gasteiger partial charge in [-0.2, -0.15) is 4.98 Å². The van der Waals surface area contributed by atoms with Crippen LogP contribution in [0.25, 0.3) is 11.3 Å². The maximum Gasteiger partial charge on any atom is 0.229 e. The van der Waals surface area contributed by atoms with E-state index in [1.807, 2.05) is 54.6 Å². The van der Waals surface area contributed by atoms with E-state index in [-0.39, 0.29) is 6.10 Å². The van der Waals surface area contributed by atoms with E-state index in [0.29, 0.717) is 5.95 Å². The predicted molar refractivity (Wildman–Crippen MR) is 105 cm³/mol. The highest BCUT2D eigenvalue weighted by atomic mass is 16.5. The fraction of sp³-hybridized carbons (Fsp3) is 0.238. The zero-order chi connectivity index (χ0) is 17.6. The third kappa shape index (κ3) is 4.18. The smallest absolute Gasteiger partial charge is 0.229 e. The molecule has 1 aliphatic rings. The highest BCUT2D eigenvalue weighted by Crippen LogP contribution is 2.23. The first-order chi connectivity index (χ1) is 12.9. The van der Waals surface area contributed by atoms with Crippen molar-refractivity contribution in [3.8, 4) is 11.3 Å². The lowest BCUT2D eigenvalue weighted by Gasteiger charge is -2.14. The minimum Gasteiger partial charge on any atom is -0.376 e. The molecular weight excluding hydrogens is 324 g/mol. The van der Waals surface area contributed by atoms with Gasteiger partial charge < -0.3 is 15.4 Å². The second-order valence-corrected chi connectivity index (χ2v) is 6.34. The summed E-state index contributed by atoms with van der Waals surface area (Å²) in [6.45, 7) is 1.61. The van der Waals surface area contributed by atoms with E-state index in [1.165, 1.54) is 0 Å². The Balaban J connectivity index is 1.60. The van der Waals surface area contributed by atoms with Gasteiger partial charge in [-0.25, -0.2) is 4.98 Å². The van der Waals surface area contributed by atoms with Crippen LogP contribution < -0.4 is 10.6 Å². The Morgan fingerprint density at radius 1 is 0.962 bits per heavy atom. The van der Waals surface area contributed by atoms with Crippen molar-refractivity contribution in [1.29, 1.82) is 0 Å². The standard InChI is InChI=1S/C21H22N4O/c1-3-8-16(9-4-1)19-14-20(22-15-18-12-7-13-26-18)25-21(24-19)23-17-10-5-2-6-11-17/h1-6,8-11,14,18H,7,12-13,15H2,(H2,22,23,24,25). The SMILES string of the molecule is c1ccc(Nc2nc(NCC3CCCO3)cc(-c3ccccc3)n2)cc1. The highest BCUT2D eigenvalue weighted by molar-refractivity contribution is 5.66. The van der Waals surface area contributed by atoms with Crippen molar-refractivity contribution in [2.75, 3.05) is 23.8 Å². The molecule has 1 aromatic heterocycles. The number of nitrogens with one attached hydrogen (secondary N) is 2. The van der Waals surface area contributed by atoms with Crippen LogP contribution in [-0.2, 0) is 4.74 Å². The average molecular weight is 346 g/mol. The van der Waals surface area contributed by atoms with Crippen LogP contribution in [-0.4, -0.2) is 29.2 Å². The molecule has 0 bridgehead atoms. The van der Waals surface area contributed by atoms with Crippen molar-refractivity contribution in [1.82, 2.24) is 9.97 Å². The number of hydrogen-bond acceptors (Lipinski definition) is 5. The molecule has 0 aliphatic carbocycles. The van der Waals surface area contributed by atoms with Crippen molar-refractivity contribution < 1.29 is 4.74 Å². The van der Waals surface area contributed by atoms with Crippen molar-refractivity contribution in [3.63, 3.8) is 0 Å². The summed E-state index contributed by atoms with van der Waals surface area (Å²) >= 11 is 0. The van der Waals surface area contributed by atoms with Gasteiger partial charge in [0.15, 0.2) is 0 Å². The van der Waals surface area contributed by atoms with E-state index < -0.39 is 0 Å². The second kappa shape index (κ2) is 7.97. The number of para-hydroxylation sites is 1. The molecule has 0 radical (unpaired) electrons. The molecule has 2 heterocycles. The summed E-state index contributed by atoms with van der Waals surface area (Å²) in [5.74, 6) is 1.38. The van der Waals surface area contributed by atoms with Crippen LogP contribution in [0.3, 0.4) is 0 Å². The van der Waals surface area contributed by atoms with Gasteiger partial charge in [0.1, 0.15) is 5.82 Å². The molecule has 132 valence electrons. The first-order valence-electron chi connectivity index (χ1n) is 8.99. The van der Waals surface area contributed by atoms with Crippen molar-refractivity contribution >= 4 is 17.5 Å². The third-order valence-corrected chi connectivity index (χ3v) is 4.36. The van der Waals surface area contributed by atoms with Crippen molar-refractivity contribution in [3.05, 3.63) is 66.7 Å². The van der Waals surface area contributed by atoms with Crippen LogP contribution in [0.15, 0.2) is 66.7 Å². The number of rotatable bonds is 6. The molecular formula is C21H22N4O. The van der Waals surface area contributed by atoms with E-state index in [4.69, 9.17) is 4.74 Å². The molecule has 1 atom stereocenters. The van der Waals surface area contributed by atoms with Gasteiger partial charge >= 0.3 is 0 Å². The maximum absolute atomic E-state index is 5.69. The molecule has 5 heteroatoms. The molecule has 5 nitrogen and oxygen atoms in total. The van der Waals surface area contributed by atoms with Gasteiger partial charge in [-0.05, 0) is 25.0 Å². The van der Waals surface area contributed by atoms with Crippen molar-refractivity contribution in [2.24, 2.45) is 0 Å². The summed E-state index contributed by atoms with van der Waals surface area (Å²) in [6.07, 6.45) is 2.49. The second-order valence-electron chi connectivity index (χ2n) is 6.34. The van der Waals surface area contributed by atoms with Crippen LogP contribution in [0.4, 0.5) is 17.5 Å². The first kappa shape index (κ1) is 16.5. The van der Waals surface area contributed by atoms with Gasteiger partial charge in [-0.1, -0.05) is 48.5 Å². The summed E-state index contributed by atoms with van der Waals surface area (Å²) < 4.78 is 5.69. The van der Waals surface area contributed by atoms with E-state index in [1.54, 1.807) is 0 Å². The third-order valence-electron chi connectivity index (χ3n) is 4.36. The number of aromatic nitrogens is 2. The Hall–Kier alpha value is -2.92. The first-order valence-corrected chi connectivity index (χ1v) is 8.99. The zero-order valence-electron chi connectivity index (χ0n) is 14.6. The van der Waals surface area contributed by atoms with Gasteiger partial charge in [-0.15, -0.1) is 0 Å². The minimum atomic E-state index is 0.260. The quantitative estimate of drug-likeness (QED) is 0.689. The van der Waals surface area contributed by atoms with Crippen LogP contribution in [0.2, 0.25) is 0 Å². The topological polar surface area (TPSA) is 59.1 Å². The zero-order valence-corrected chi connectivity index (χ0v) is 14.6. The van der Waals surface area contributed by atoms with Gasteiger partial charge in [-0.3, -0.25) is 0 Å². The van der Waals surface area contributed by atoms with E-state index in [9.17, 15) is 0 Å². The van der Waals surface area contributed by atoms with Crippen LogP contribution in [0, 0.1) is 0 Å². The summed E-state index contributed by atoms with van der Waals surface area (Å²) in [6, 6.07) is 22.1. The average Bonchev–Trinajstić information content (AvgIpc) is 3.21. The molecule has 2 N–H and O–H groups in total. The van der Waals surface area contributed by atoms with Gasteiger partial charge in [0.2, 0.25) is 5.95 Å².